The normalized spacial score (nSPS) is 18.7. The van der Waals surface area contributed by atoms with Gasteiger partial charge in [0.15, 0.2) is 23.0 Å². The first-order chi connectivity index (χ1) is 12.2. The molecule has 6 nitrogen and oxygen atoms in total. The van der Waals surface area contributed by atoms with Gasteiger partial charge in [0.25, 0.3) is 0 Å². The molecule has 2 aromatic carbocycles. The maximum Gasteiger partial charge on any atom is 0.231 e. The molecule has 5 rings (SSSR count). The van der Waals surface area contributed by atoms with Crippen LogP contribution in [0.4, 0.5) is 0 Å². The fourth-order valence-electron chi connectivity index (χ4n) is 3.59. The van der Waals surface area contributed by atoms with Gasteiger partial charge in [0.2, 0.25) is 19.3 Å². The van der Waals surface area contributed by atoms with Crippen LogP contribution in [0, 0.1) is 0 Å². The Morgan fingerprint density at radius 2 is 1.77 bits per heavy atom. The third-order valence-electron chi connectivity index (χ3n) is 4.65. The monoisotopic (exact) mass is 375 g/mol. The third-order valence-corrected chi connectivity index (χ3v) is 4.65. The van der Waals surface area contributed by atoms with E-state index in [1.807, 2.05) is 24.3 Å². The lowest BCUT2D eigenvalue weighted by atomic mass is 9.89. The molecule has 136 valence electrons. The number of halogens is 1. The van der Waals surface area contributed by atoms with Crippen molar-refractivity contribution in [2.75, 3.05) is 20.7 Å². The molecule has 3 aliphatic heterocycles. The van der Waals surface area contributed by atoms with Crippen molar-refractivity contribution < 1.29 is 23.7 Å². The molecule has 0 N–H and O–H groups in total. The van der Waals surface area contributed by atoms with Crippen LogP contribution in [0.5, 0.6) is 28.7 Å². The van der Waals surface area contributed by atoms with Crippen LogP contribution < -0.4 is 23.7 Å². The van der Waals surface area contributed by atoms with Gasteiger partial charge in [-0.2, -0.15) is 0 Å². The van der Waals surface area contributed by atoms with Crippen LogP contribution in [-0.2, 0) is 6.42 Å². The number of methoxy groups -OCH3 is 1. The number of fused-ring (bicyclic) bond motifs is 3. The molecule has 0 aromatic heterocycles. The second-order valence-electron chi connectivity index (χ2n) is 6.28. The molecule has 1 unspecified atom stereocenters. The molecule has 3 heterocycles. The number of aliphatic imine (C=N–C) groups is 1. The summed E-state index contributed by atoms with van der Waals surface area (Å²) in [6, 6.07) is 8.08. The van der Waals surface area contributed by atoms with E-state index in [9.17, 15) is 0 Å². The number of ether oxygens (including phenoxy) is 5. The van der Waals surface area contributed by atoms with Gasteiger partial charge in [-0.05, 0) is 43.2 Å². The Labute approximate surface area is 157 Å². The number of rotatable bonds is 2. The maximum atomic E-state index is 5.69. The molecule has 2 aromatic rings. The summed E-state index contributed by atoms with van der Waals surface area (Å²) in [5, 5.41) is 0. The standard InChI is InChI=1S/C19H17NO5.ClH/c1-10-5-12-7-15-18(25-9-24-15)19(21-2)16(12)17(20-10)11-3-4-13-14(6-11)23-8-22-13;/h3-4,6-7,10H,5,8-9H2,1-2H3;1H. The van der Waals surface area contributed by atoms with Crippen molar-refractivity contribution in [2.24, 2.45) is 4.99 Å². The number of hydrogen-bond donors (Lipinski definition) is 0. The molecule has 0 aliphatic carbocycles. The molecule has 26 heavy (non-hydrogen) atoms. The largest absolute Gasteiger partial charge is 0.492 e. The van der Waals surface area contributed by atoms with Gasteiger partial charge in [-0.25, -0.2) is 0 Å². The van der Waals surface area contributed by atoms with Crippen molar-refractivity contribution in [3.05, 3.63) is 41.0 Å². The smallest absolute Gasteiger partial charge is 0.231 e. The zero-order chi connectivity index (χ0) is 17.0. The molecule has 0 saturated heterocycles. The zero-order valence-electron chi connectivity index (χ0n) is 14.4. The Kier molecular flexibility index (Phi) is 4.07. The van der Waals surface area contributed by atoms with Crippen molar-refractivity contribution in [1.82, 2.24) is 0 Å². The van der Waals surface area contributed by atoms with Crippen molar-refractivity contribution >= 4 is 18.1 Å². The number of nitrogens with zero attached hydrogens (tertiary/aromatic N) is 1. The maximum absolute atomic E-state index is 5.69. The summed E-state index contributed by atoms with van der Waals surface area (Å²) >= 11 is 0. The average molecular weight is 376 g/mol. The number of hydrogen-bond acceptors (Lipinski definition) is 6. The summed E-state index contributed by atoms with van der Waals surface area (Å²) in [4.78, 5) is 4.90. The molecule has 0 radical (unpaired) electrons. The Hall–Kier alpha value is -2.60. The van der Waals surface area contributed by atoms with E-state index in [-0.39, 0.29) is 32.0 Å². The Morgan fingerprint density at radius 3 is 2.62 bits per heavy atom. The van der Waals surface area contributed by atoms with E-state index in [0.717, 1.165) is 46.1 Å². The first-order valence-corrected chi connectivity index (χ1v) is 8.22. The van der Waals surface area contributed by atoms with Gasteiger partial charge in [0.05, 0.1) is 18.9 Å². The van der Waals surface area contributed by atoms with E-state index in [0.29, 0.717) is 11.5 Å². The molecule has 0 spiro atoms. The highest BCUT2D eigenvalue weighted by molar-refractivity contribution is 6.17. The second kappa shape index (κ2) is 6.29. The van der Waals surface area contributed by atoms with E-state index in [2.05, 4.69) is 6.92 Å². The van der Waals surface area contributed by atoms with Gasteiger partial charge in [-0.1, -0.05) is 0 Å². The summed E-state index contributed by atoms with van der Waals surface area (Å²) in [6.45, 7) is 2.56. The minimum Gasteiger partial charge on any atom is -0.492 e. The lowest BCUT2D eigenvalue weighted by Crippen LogP contribution is -2.20. The quantitative estimate of drug-likeness (QED) is 0.805. The first-order valence-electron chi connectivity index (χ1n) is 8.22. The van der Waals surface area contributed by atoms with Crippen LogP contribution in [0.25, 0.3) is 0 Å². The summed E-state index contributed by atoms with van der Waals surface area (Å²) < 4.78 is 27.8. The lowest BCUT2D eigenvalue weighted by Gasteiger charge is -2.24. The van der Waals surface area contributed by atoms with E-state index >= 15 is 0 Å². The average Bonchev–Trinajstić information content (AvgIpc) is 3.26. The molecule has 3 aliphatic rings. The van der Waals surface area contributed by atoms with Gasteiger partial charge >= 0.3 is 0 Å². The van der Waals surface area contributed by atoms with E-state index in [1.165, 1.54) is 0 Å². The Bertz CT molecular complexity index is 911. The highest BCUT2D eigenvalue weighted by Crippen LogP contribution is 2.47. The van der Waals surface area contributed by atoms with Crippen LogP contribution in [0.3, 0.4) is 0 Å². The minimum atomic E-state index is 0. The van der Waals surface area contributed by atoms with Gasteiger partial charge in [-0.3, -0.25) is 4.99 Å². The number of benzene rings is 2. The second-order valence-corrected chi connectivity index (χ2v) is 6.28. The molecule has 0 saturated carbocycles. The van der Waals surface area contributed by atoms with Gasteiger partial charge in [0.1, 0.15) is 0 Å². The van der Waals surface area contributed by atoms with Crippen LogP contribution in [0.1, 0.15) is 23.6 Å². The summed E-state index contributed by atoms with van der Waals surface area (Å²) in [5.41, 5.74) is 3.95. The van der Waals surface area contributed by atoms with Gasteiger partial charge in [0, 0.05) is 11.1 Å². The minimum absolute atomic E-state index is 0. The van der Waals surface area contributed by atoms with Crippen molar-refractivity contribution in [1.29, 1.82) is 0 Å². The third kappa shape index (κ3) is 2.44. The molecule has 1 atom stereocenters. The van der Waals surface area contributed by atoms with Crippen molar-refractivity contribution in [3.63, 3.8) is 0 Å². The lowest BCUT2D eigenvalue weighted by molar-refractivity contribution is 0.171. The SMILES string of the molecule is COc1c2c(cc3c1C(c1ccc4c(c1)OCO4)=NC(C)C3)OCO2.Cl. The van der Waals surface area contributed by atoms with Gasteiger partial charge in [-0.15, -0.1) is 12.4 Å². The Balaban J connectivity index is 0.00000168. The van der Waals surface area contributed by atoms with Crippen molar-refractivity contribution in [3.8, 4) is 28.7 Å². The molecular weight excluding hydrogens is 358 g/mol. The van der Waals surface area contributed by atoms with E-state index in [1.54, 1.807) is 7.11 Å². The summed E-state index contributed by atoms with van der Waals surface area (Å²) in [7, 11) is 1.65. The van der Waals surface area contributed by atoms with Crippen LogP contribution in [0.15, 0.2) is 29.3 Å². The molecule has 0 fully saturated rings. The predicted molar refractivity (Wildman–Crippen MR) is 97.7 cm³/mol. The van der Waals surface area contributed by atoms with E-state index < -0.39 is 0 Å². The van der Waals surface area contributed by atoms with Crippen LogP contribution >= 0.6 is 12.4 Å². The van der Waals surface area contributed by atoms with Gasteiger partial charge < -0.3 is 23.7 Å². The first kappa shape index (κ1) is 16.8. The fraction of sp³-hybridized carbons (Fsp3) is 0.316. The molecule has 0 bridgehead atoms. The topological polar surface area (TPSA) is 58.5 Å². The fourth-order valence-corrected chi connectivity index (χ4v) is 3.59. The summed E-state index contributed by atoms with van der Waals surface area (Å²) in [6.07, 6.45) is 0.830. The highest BCUT2D eigenvalue weighted by atomic mass is 35.5. The van der Waals surface area contributed by atoms with Crippen LogP contribution in [0.2, 0.25) is 0 Å². The van der Waals surface area contributed by atoms with Crippen molar-refractivity contribution in [2.45, 2.75) is 19.4 Å². The highest BCUT2D eigenvalue weighted by Gasteiger charge is 2.31. The predicted octanol–water partition coefficient (Wildman–Crippen LogP) is 3.36. The molecular formula is C19H18ClNO5. The Morgan fingerprint density at radius 1 is 1.00 bits per heavy atom. The molecule has 7 heteroatoms. The van der Waals surface area contributed by atoms with E-state index in [4.69, 9.17) is 28.7 Å². The summed E-state index contributed by atoms with van der Waals surface area (Å²) in [5.74, 6) is 3.54. The zero-order valence-corrected chi connectivity index (χ0v) is 15.2. The van der Waals surface area contributed by atoms with Crippen LogP contribution in [-0.4, -0.2) is 32.4 Å². The molecule has 0 amide bonds.